The van der Waals surface area contributed by atoms with Crippen LogP contribution in [-0.4, -0.2) is 13.0 Å². The fraction of sp³-hybridized carbons (Fsp3) is 0. The first kappa shape index (κ1) is 13.4. The third-order valence-corrected chi connectivity index (χ3v) is 2.14. The van der Waals surface area contributed by atoms with Gasteiger partial charge in [0, 0.05) is 5.69 Å². The molecule has 3 N–H and O–H groups in total. The van der Waals surface area contributed by atoms with Crippen molar-refractivity contribution in [1.29, 1.82) is 0 Å². The molecule has 66 valence electrons. The van der Waals surface area contributed by atoms with Gasteiger partial charge in [0.25, 0.3) is 10.1 Å². The quantitative estimate of drug-likeness (QED) is 0.295. The summed E-state index contributed by atoms with van der Waals surface area (Å²) < 4.78 is 29.5. The Kier molecular flexibility index (Phi) is 4.87. The Balaban J connectivity index is 0.00000144. The fourth-order valence-corrected chi connectivity index (χ4v) is 1.29. The summed E-state index contributed by atoms with van der Waals surface area (Å²) >= 11 is 0. The van der Waals surface area contributed by atoms with Crippen molar-refractivity contribution in [3.8, 4) is 5.75 Å². The van der Waals surface area contributed by atoms with Crippen LogP contribution >= 0.6 is 0 Å². The molecule has 0 aliphatic rings. The molecule has 13 heavy (non-hydrogen) atoms. The third-order valence-electron chi connectivity index (χ3n) is 1.25. The van der Waals surface area contributed by atoms with Gasteiger partial charge in [-0.05, 0) is 18.2 Å². The molecular weight excluding hydrogens is 221 g/mol. The van der Waals surface area contributed by atoms with Gasteiger partial charge in [0.1, 0.15) is 0 Å². The van der Waals surface area contributed by atoms with E-state index in [0.29, 0.717) is 0 Å². The summed E-state index contributed by atoms with van der Waals surface area (Å²) in [5.41, 5.74) is 5.35. The van der Waals surface area contributed by atoms with Gasteiger partial charge in [-0.15, -0.1) is 0 Å². The van der Waals surface area contributed by atoms with Crippen LogP contribution in [0.2, 0.25) is 0 Å². The summed E-state index contributed by atoms with van der Waals surface area (Å²) in [6.45, 7) is 0. The summed E-state index contributed by atoms with van der Waals surface area (Å²) in [7, 11) is -4.42. The van der Waals surface area contributed by atoms with E-state index in [9.17, 15) is 13.5 Å². The molecule has 0 unspecified atom stereocenters. The Labute approximate surface area is 118 Å². The molecule has 0 spiro atoms. The summed E-state index contributed by atoms with van der Waals surface area (Å²) in [6.07, 6.45) is 0. The Morgan fingerprint density at radius 3 is 2.31 bits per heavy atom. The van der Waals surface area contributed by atoms with Crippen molar-refractivity contribution in [1.82, 2.24) is 0 Å². The maximum Gasteiger partial charge on any atom is 1.00 e. The van der Waals surface area contributed by atoms with Crippen molar-refractivity contribution in [3.63, 3.8) is 0 Å². The van der Waals surface area contributed by atoms with Crippen LogP contribution in [0.15, 0.2) is 23.1 Å². The molecule has 0 heterocycles. The summed E-state index contributed by atoms with van der Waals surface area (Å²) in [5, 5.41) is 10.9. The van der Waals surface area contributed by atoms with Gasteiger partial charge >= 0.3 is 51.4 Å². The van der Waals surface area contributed by atoms with Crippen LogP contribution in [0, 0.1) is 0 Å². The molecule has 1 rings (SSSR count). The summed E-state index contributed by atoms with van der Waals surface area (Å²) in [6, 6.07) is 3.13. The van der Waals surface area contributed by atoms with Crippen molar-refractivity contribution in [2.45, 2.75) is 4.90 Å². The van der Waals surface area contributed by atoms with Crippen LogP contribution in [0.5, 0.6) is 5.75 Å². The van der Waals surface area contributed by atoms with Crippen LogP contribution in [0.4, 0.5) is 5.69 Å². The van der Waals surface area contributed by atoms with E-state index >= 15 is 0 Å². The zero-order valence-corrected chi connectivity index (χ0v) is 10.8. The Morgan fingerprint density at radius 1 is 1.38 bits per heavy atom. The molecule has 0 fully saturated rings. The molecule has 0 aliphatic carbocycles. The first-order valence-corrected chi connectivity index (χ1v) is 4.39. The molecular formula is C6H6KNO4S. The zero-order chi connectivity index (χ0) is 9.35. The van der Waals surface area contributed by atoms with Crippen molar-refractivity contribution in [2.75, 3.05) is 5.73 Å². The normalized spacial score (nSPS) is 10.5. The summed E-state index contributed by atoms with van der Waals surface area (Å²) in [4.78, 5) is -0.656. The predicted octanol–water partition coefficient (Wildman–Crippen LogP) is -3.41. The van der Waals surface area contributed by atoms with Crippen molar-refractivity contribution in [3.05, 3.63) is 18.2 Å². The predicted molar refractivity (Wildman–Crippen MR) is 40.1 cm³/mol. The van der Waals surface area contributed by atoms with Crippen LogP contribution in [0.3, 0.4) is 0 Å². The molecule has 0 aromatic heterocycles. The maximum absolute atomic E-state index is 10.9. The number of nitrogen functional groups attached to an aromatic ring is 1. The molecule has 0 atom stereocenters. The van der Waals surface area contributed by atoms with Gasteiger partial charge in [-0.1, -0.05) is 5.75 Å². The van der Waals surface area contributed by atoms with Crippen LogP contribution < -0.4 is 62.2 Å². The Hall–Kier alpha value is 0.366. The van der Waals surface area contributed by atoms with Gasteiger partial charge in [-0.25, -0.2) is 0 Å². The van der Waals surface area contributed by atoms with E-state index in [4.69, 9.17) is 10.3 Å². The van der Waals surface area contributed by atoms with Crippen molar-refractivity contribution < 1.29 is 69.5 Å². The van der Waals surface area contributed by atoms with E-state index in [2.05, 4.69) is 0 Å². The first-order chi connectivity index (χ1) is 5.41. The Morgan fingerprint density at radius 2 is 1.92 bits per heavy atom. The van der Waals surface area contributed by atoms with E-state index in [1.165, 1.54) is 6.07 Å². The van der Waals surface area contributed by atoms with E-state index in [1.54, 1.807) is 0 Å². The molecule has 0 saturated heterocycles. The molecule has 1 aromatic carbocycles. The van der Waals surface area contributed by atoms with E-state index in [-0.39, 0.29) is 57.1 Å². The monoisotopic (exact) mass is 227 g/mol. The maximum atomic E-state index is 10.9. The number of hydrogen-bond donors (Lipinski definition) is 2. The zero-order valence-electron chi connectivity index (χ0n) is 6.89. The Bertz CT molecular complexity index is 403. The number of rotatable bonds is 1. The molecule has 1 aromatic rings. The van der Waals surface area contributed by atoms with Crippen LogP contribution in [0.1, 0.15) is 0 Å². The SMILES string of the molecule is Nc1ccc(S(=O)(=O)O)c([O-])c1.[K+]. The molecule has 7 heteroatoms. The molecule has 0 aliphatic heterocycles. The van der Waals surface area contributed by atoms with E-state index < -0.39 is 20.8 Å². The van der Waals surface area contributed by atoms with Gasteiger partial charge in [-0.3, -0.25) is 4.55 Å². The third kappa shape index (κ3) is 3.54. The molecule has 0 bridgehead atoms. The van der Waals surface area contributed by atoms with Gasteiger partial charge in [-0.2, -0.15) is 8.42 Å². The van der Waals surface area contributed by atoms with E-state index in [1.807, 2.05) is 0 Å². The average Bonchev–Trinajstić information content (AvgIpc) is 1.83. The number of benzene rings is 1. The number of nitrogens with two attached hydrogens (primary N) is 1. The second kappa shape index (κ2) is 4.74. The second-order valence-electron chi connectivity index (χ2n) is 2.18. The number of anilines is 1. The van der Waals surface area contributed by atoms with Gasteiger partial charge < -0.3 is 10.8 Å². The molecule has 0 amide bonds. The smallest absolute Gasteiger partial charge is 0.871 e. The molecule has 0 saturated carbocycles. The van der Waals surface area contributed by atoms with Gasteiger partial charge in [0.05, 0.1) is 4.90 Å². The first-order valence-electron chi connectivity index (χ1n) is 2.95. The minimum absolute atomic E-state index is 0. The van der Waals surface area contributed by atoms with Gasteiger partial charge in [0.15, 0.2) is 0 Å². The fourth-order valence-electron chi connectivity index (χ4n) is 0.738. The van der Waals surface area contributed by atoms with Crippen molar-refractivity contribution in [2.24, 2.45) is 0 Å². The topological polar surface area (TPSA) is 103 Å². The molecule has 5 nitrogen and oxygen atoms in total. The average molecular weight is 227 g/mol. The largest absolute Gasteiger partial charge is 1.00 e. The standard InChI is InChI=1S/C6H7NO4S.K/c7-4-1-2-6(5(8)3-4)12(9,10)11;/h1-3,8H,7H2,(H,9,10,11);/q;+1/p-1. The minimum Gasteiger partial charge on any atom is -0.871 e. The van der Waals surface area contributed by atoms with E-state index in [0.717, 1.165) is 12.1 Å². The number of hydrogen-bond acceptors (Lipinski definition) is 4. The van der Waals surface area contributed by atoms with Gasteiger partial charge in [0.2, 0.25) is 0 Å². The van der Waals surface area contributed by atoms with Crippen molar-refractivity contribution >= 4 is 15.8 Å². The second-order valence-corrected chi connectivity index (χ2v) is 3.57. The minimum atomic E-state index is -4.42. The molecule has 0 radical (unpaired) electrons. The summed E-state index contributed by atoms with van der Waals surface area (Å²) in [5.74, 6) is -0.808. The van der Waals surface area contributed by atoms with Crippen LogP contribution in [-0.2, 0) is 10.1 Å². The van der Waals surface area contributed by atoms with Crippen LogP contribution in [0.25, 0.3) is 0 Å².